The van der Waals surface area contributed by atoms with Crippen LogP contribution in [-0.2, 0) is 9.59 Å². The number of ether oxygens (including phenoxy) is 1. The smallest absolute Gasteiger partial charge is 0.231 e. The second-order valence-corrected chi connectivity index (χ2v) is 7.97. The fourth-order valence-electron chi connectivity index (χ4n) is 3.27. The first-order chi connectivity index (χ1) is 13.5. The average molecular weight is 403 g/mol. The van der Waals surface area contributed by atoms with Crippen LogP contribution < -0.4 is 15.0 Å². The van der Waals surface area contributed by atoms with Crippen LogP contribution in [0.25, 0.3) is 0 Å². The minimum atomic E-state index is -0.403. The van der Waals surface area contributed by atoms with E-state index in [9.17, 15) is 9.59 Å². The van der Waals surface area contributed by atoms with E-state index in [0.717, 1.165) is 29.3 Å². The number of aromatic nitrogens is 2. The monoisotopic (exact) mass is 402 g/mol. The third-order valence-corrected chi connectivity index (χ3v) is 5.84. The molecule has 1 aliphatic rings. The predicted octanol–water partition coefficient (Wildman–Crippen LogP) is 3.83. The van der Waals surface area contributed by atoms with Gasteiger partial charge in [-0.3, -0.25) is 9.59 Å². The molecule has 1 aliphatic heterocycles. The third kappa shape index (κ3) is 4.67. The summed E-state index contributed by atoms with van der Waals surface area (Å²) in [5, 5.41) is 12.5. The van der Waals surface area contributed by atoms with E-state index in [1.807, 2.05) is 31.2 Å². The third-order valence-electron chi connectivity index (χ3n) is 4.77. The first kappa shape index (κ1) is 20.3. The summed E-state index contributed by atoms with van der Waals surface area (Å²) in [5.41, 5.74) is 0.773. The van der Waals surface area contributed by atoms with E-state index in [1.54, 1.807) is 4.90 Å². The van der Waals surface area contributed by atoms with Crippen molar-refractivity contribution in [3.8, 4) is 5.75 Å². The number of hydrogen-bond acceptors (Lipinski definition) is 6. The van der Waals surface area contributed by atoms with Crippen molar-refractivity contribution < 1.29 is 14.3 Å². The highest BCUT2D eigenvalue weighted by molar-refractivity contribution is 7.15. The number of hydrogen-bond donors (Lipinski definition) is 1. The summed E-state index contributed by atoms with van der Waals surface area (Å²) >= 11 is 1.41. The van der Waals surface area contributed by atoms with Crippen LogP contribution in [0, 0.1) is 5.92 Å². The van der Waals surface area contributed by atoms with Crippen LogP contribution in [0.15, 0.2) is 24.3 Å². The van der Waals surface area contributed by atoms with Crippen molar-refractivity contribution in [3.05, 3.63) is 29.3 Å². The first-order valence-corrected chi connectivity index (χ1v) is 10.5. The maximum absolute atomic E-state index is 12.6. The van der Waals surface area contributed by atoms with Gasteiger partial charge in [0.2, 0.25) is 16.9 Å². The SMILES string of the molecule is CCC[C@H](C)c1nnc(NC(=O)[C@H]2CC(=O)N(c3ccc(OCC)cc3)C2)s1. The zero-order valence-electron chi connectivity index (χ0n) is 16.5. The summed E-state index contributed by atoms with van der Waals surface area (Å²) in [6.45, 7) is 7.12. The van der Waals surface area contributed by atoms with Crippen molar-refractivity contribution in [2.45, 2.75) is 46.0 Å². The molecule has 0 radical (unpaired) electrons. The molecular weight excluding hydrogens is 376 g/mol. The summed E-state index contributed by atoms with van der Waals surface area (Å²) in [4.78, 5) is 26.7. The maximum atomic E-state index is 12.6. The van der Waals surface area contributed by atoms with Gasteiger partial charge in [0.1, 0.15) is 10.8 Å². The Hall–Kier alpha value is -2.48. The molecular formula is C20H26N4O3S. The van der Waals surface area contributed by atoms with Gasteiger partial charge in [0.15, 0.2) is 0 Å². The van der Waals surface area contributed by atoms with Crippen LogP contribution in [0.4, 0.5) is 10.8 Å². The Morgan fingerprint density at radius 2 is 2.07 bits per heavy atom. The molecule has 1 aromatic carbocycles. The van der Waals surface area contributed by atoms with E-state index in [1.165, 1.54) is 11.3 Å². The molecule has 8 heteroatoms. The summed E-state index contributed by atoms with van der Waals surface area (Å²) < 4.78 is 5.43. The van der Waals surface area contributed by atoms with E-state index in [-0.39, 0.29) is 18.2 Å². The predicted molar refractivity (Wildman–Crippen MR) is 110 cm³/mol. The minimum absolute atomic E-state index is 0.0566. The lowest BCUT2D eigenvalue weighted by molar-refractivity contribution is -0.122. The molecule has 0 aliphatic carbocycles. The summed E-state index contributed by atoms with van der Waals surface area (Å²) in [5.74, 6) is 0.443. The average Bonchev–Trinajstić information content (AvgIpc) is 3.30. The highest BCUT2D eigenvalue weighted by Crippen LogP contribution is 2.29. The van der Waals surface area contributed by atoms with Gasteiger partial charge in [-0.25, -0.2) is 0 Å². The van der Waals surface area contributed by atoms with Gasteiger partial charge < -0.3 is 15.0 Å². The fraction of sp³-hybridized carbons (Fsp3) is 0.500. The normalized spacial score (nSPS) is 17.6. The fourth-order valence-corrected chi connectivity index (χ4v) is 4.10. The Labute approximate surface area is 169 Å². The summed E-state index contributed by atoms with van der Waals surface area (Å²) in [7, 11) is 0. The molecule has 1 N–H and O–H groups in total. The number of nitrogens with one attached hydrogen (secondary N) is 1. The lowest BCUT2D eigenvalue weighted by Crippen LogP contribution is -2.28. The van der Waals surface area contributed by atoms with Crippen LogP contribution in [0.2, 0.25) is 0 Å². The molecule has 1 saturated heterocycles. The van der Waals surface area contributed by atoms with Gasteiger partial charge in [-0.15, -0.1) is 10.2 Å². The molecule has 3 rings (SSSR count). The molecule has 0 unspecified atom stereocenters. The molecule has 2 atom stereocenters. The quantitative estimate of drug-likeness (QED) is 0.725. The first-order valence-electron chi connectivity index (χ1n) is 9.69. The van der Waals surface area contributed by atoms with Crippen LogP contribution in [0.1, 0.15) is 51.0 Å². The minimum Gasteiger partial charge on any atom is -0.494 e. The topological polar surface area (TPSA) is 84.4 Å². The zero-order chi connectivity index (χ0) is 20.1. The highest BCUT2D eigenvalue weighted by Gasteiger charge is 2.35. The molecule has 0 bridgehead atoms. The van der Waals surface area contributed by atoms with E-state index in [0.29, 0.717) is 24.2 Å². The van der Waals surface area contributed by atoms with Gasteiger partial charge in [-0.2, -0.15) is 0 Å². The van der Waals surface area contributed by atoms with Crippen molar-refractivity contribution in [1.82, 2.24) is 10.2 Å². The van der Waals surface area contributed by atoms with Crippen LogP contribution in [0.5, 0.6) is 5.75 Å². The number of anilines is 2. The van der Waals surface area contributed by atoms with Gasteiger partial charge in [0.25, 0.3) is 0 Å². The van der Waals surface area contributed by atoms with Crippen LogP contribution >= 0.6 is 11.3 Å². The standard InChI is InChI=1S/C20H26N4O3S/c1-4-6-13(3)19-22-23-20(28-19)21-18(26)14-11-17(25)24(12-14)15-7-9-16(10-8-15)27-5-2/h7-10,13-14H,4-6,11-12H2,1-3H3,(H,21,23,26)/t13-,14-/m0/s1. The lowest BCUT2D eigenvalue weighted by Gasteiger charge is -2.17. The Kier molecular flexibility index (Phi) is 6.61. The number of amides is 2. The van der Waals surface area contributed by atoms with Gasteiger partial charge >= 0.3 is 0 Å². The molecule has 150 valence electrons. The molecule has 1 aromatic heterocycles. The van der Waals surface area contributed by atoms with Gasteiger partial charge in [-0.1, -0.05) is 31.6 Å². The van der Waals surface area contributed by atoms with E-state index < -0.39 is 5.92 Å². The molecule has 2 aromatic rings. The van der Waals surface area contributed by atoms with E-state index >= 15 is 0 Å². The van der Waals surface area contributed by atoms with Crippen molar-refractivity contribution in [2.24, 2.45) is 5.92 Å². The molecule has 1 fully saturated rings. The molecule has 7 nitrogen and oxygen atoms in total. The molecule has 0 saturated carbocycles. The van der Waals surface area contributed by atoms with Crippen molar-refractivity contribution in [2.75, 3.05) is 23.4 Å². The Morgan fingerprint density at radius 3 is 2.75 bits per heavy atom. The number of carbonyl (C=O) groups excluding carboxylic acids is 2. The van der Waals surface area contributed by atoms with Gasteiger partial charge in [-0.05, 0) is 37.6 Å². The molecule has 0 spiro atoms. The lowest BCUT2D eigenvalue weighted by atomic mass is 10.1. The summed E-state index contributed by atoms with van der Waals surface area (Å²) in [6, 6.07) is 7.35. The van der Waals surface area contributed by atoms with Crippen molar-refractivity contribution in [1.29, 1.82) is 0 Å². The van der Waals surface area contributed by atoms with Crippen LogP contribution in [0.3, 0.4) is 0 Å². The Bertz CT molecular complexity index is 821. The Morgan fingerprint density at radius 1 is 1.32 bits per heavy atom. The molecule has 2 amide bonds. The van der Waals surface area contributed by atoms with E-state index in [4.69, 9.17) is 4.74 Å². The number of rotatable bonds is 8. The molecule has 2 heterocycles. The summed E-state index contributed by atoms with van der Waals surface area (Å²) in [6.07, 6.45) is 2.31. The van der Waals surface area contributed by atoms with Gasteiger partial charge in [0, 0.05) is 24.6 Å². The number of benzene rings is 1. The zero-order valence-corrected chi connectivity index (χ0v) is 17.3. The largest absolute Gasteiger partial charge is 0.494 e. The number of nitrogens with zero attached hydrogens (tertiary/aromatic N) is 3. The molecule has 28 heavy (non-hydrogen) atoms. The highest BCUT2D eigenvalue weighted by atomic mass is 32.1. The maximum Gasteiger partial charge on any atom is 0.231 e. The van der Waals surface area contributed by atoms with Gasteiger partial charge in [0.05, 0.1) is 12.5 Å². The second kappa shape index (κ2) is 9.14. The second-order valence-electron chi connectivity index (χ2n) is 6.96. The van der Waals surface area contributed by atoms with E-state index in [2.05, 4.69) is 29.4 Å². The van der Waals surface area contributed by atoms with Crippen molar-refractivity contribution >= 4 is 34.0 Å². The van der Waals surface area contributed by atoms with Crippen LogP contribution in [-0.4, -0.2) is 35.2 Å². The Balaban J connectivity index is 1.60. The van der Waals surface area contributed by atoms with Crippen molar-refractivity contribution in [3.63, 3.8) is 0 Å². The number of carbonyl (C=O) groups is 2.